The third kappa shape index (κ3) is 5.71. The van der Waals surface area contributed by atoms with Crippen molar-refractivity contribution in [1.29, 1.82) is 0 Å². The van der Waals surface area contributed by atoms with Gasteiger partial charge in [-0.15, -0.1) is 0 Å². The Bertz CT molecular complexity index is 399. The summed E-state index contributed by atoms with van der Waals surface area (Å²) in [6, 6.07) is 4.35. The van der Waals surface area contributed by atoms with Crippen LogP contribution in [0.5, 0.6) is 11.5 Å². The van der Waals surface area contributed by atoms with Gasteiger partial charge in [-0.25, -0.2) is 0 Å². The van der Waals surface area contributed by atoms with Gasteiger partial charge in [-0.3, -0.25) is 0 Å². The van der Waals surface area contributed by atoms with E-state index in [9.17, 15) is 0 Å². The molecule has 0 spiro atoms. The molecule has 0 radical (unpaired) electrons. The summed E-state index contributed by atoms with van der Waals surface area (Å²) in [6.45, 7) is 5.88. The van der Waals surface area contributed by atoms with Gasteiger partial charge < -0.3 is 14.8 Å². The van der Waals surface area contributed by atoms with Crippen LogP contribution in [0, 0.1) is 0 Å². The van der Waals surface area contributed by atoms with Crippen molar-refractivity contribution in [2.45, 2.75) is 32.7 Å². The van der Waals surface area contributed by atoms with Crippen LogP contribution >= 0.6 is 31.9 Å². The van der Waals surface area contributed by atoms with E-state index in [4.69, 9.17) is 9.47 Å². The molecule has 0 amide bonds. The fraction of sp³-hybridized carbons (Fsp3) is 0.571. The Morgan fingerprint density at radius 1 is 1.21 bits per heavy atom. The van der Waals surface area contributed by atoms with Crippen molar-refractivity contribution in [3.05, 3.63) is 21.1 Å². The minimum absolute atomic E-state index is 0.541. The summed E-state index contributed by atoms with van der Waals surface area (Å²) in [5.74, 6) is 1.60. The van der Waals surface area contributed by atoms with Crippen molar-refractivity contribution in [3.8, 4) is 11.5 Å². The predicted octanol–water partition coefficient (Wildman–Crippen LogP) is 4.38. The molecule has 0 fully saturated rings. The van der Waals surface area contributed by atoms with Gasteiger partial charge in [0.25, 0.3) is 0 Å². The third-order valence-corrected chi connectivity index (χ3v) is 4.02. The molecule has 5 heteroatoms. The second-order valence-corrected chi connectivity index (χ2v) is 6.12. The highest BCUT2D eigenvalue weighted by Crippen LogP contribution is 2.35. The van der Waals surface area contributed by atoms with Crippen molar-refractivity contribution < 1.29 is 9.47 Å². The maximum Gasteiger partial charge on any atom is 0.134 e. The van der Waals surface area contributed by atoms with Gasteiger partial charge in [-0.2, -0.15) is 0 Å². The van der Waals surface area contributed by atoms with Gasteiger partial charge in [-0.1, -0.05) is 13.3 Å². The summed E-state index contributed by atoms with van der Waals surface area (Å²) >= 11 is 6.93. The topological polar surface area (TPSA) is 30.5 Å². The molecule has 1 unspecified atom stereocenters. The quantitative estimate of drug-likeness (QED) is 0.663. The van der Waals surface area contributed by atoms with Crippen LogP contribution in [0.2, 0.25) is 0 Å². The van der Waals surface area contributed by atoms with Crippen molar-refractivity contribution >= 4 is 31.9 Å². The molecule has 0 saturated carbocycles. The lowest BCUT2D eigenvalue weighted by atomic mass is 10.2. The van der Waals surface area contributed by atoms with Crippen LogP contribution in [0.25, 0.3) is 0 Å². The van der Waals surface area contributed by atoms with Crippen LogP contribution in [0.15, 0.2) is 21.1 Å². The molecule has 0 aliphatic heterocycles. The van der Waals surface area contributed by atoms with E-state index in [-0.39, 0.29) is 0 Å². The maximum atomic E-state index is 5.75. The van der Waals surface area contributed by atoms with E-state index < -0.39 is 0 Å². The summed E-state index contributed by atoms with van der Waals surface area (Å²) in [6.07, 6.45) is 2.39. The number of halogens is 2. The second-order valence-electron chi connectivity index (χ2n) is 4.41. The number of nitrogens with one attached hydrogen (secondary N) is 1. The lowest BCUT2D eigenvalue weighted by molar-refractivity contribution is 0.302. The summed E-state index contributed by atoms with van der Waals surface area (Å²) in [5.41, 5.74) is 0. The fourth-order valence-corrected chi connectivity index (χ4v) is 2.70. The maximum absolute atomic E-state index is 5.75. The molecular formula is C14H21Br2NO2. The standard InChI is InChI=1S/C14H21Br2NO2/c1-4-5-10(2)17-6-7-19-14-9-11(15)13(18-3)8-12(14)16/h8-10,17H,4-7H2,1-3H3. The first-order valence-electron chi connectivity index (χ1n) is 6.47. The Hall–Kier alpha value is -0.260. The number of rotatable bonds is 8. The molecule has 19 heavy (non-hydrogen) atoms. The second kappa shape index (κ2) is 8.82. The molecule has 1 aromatic rings. The van der Waals surface area contributed by atoms with Gasteiger partial charge in [-0.05, 0) is 57.3 Å². The molecule has 3 nitrogen and oxygen atoms in total. The van der Waals surface area contributed by atoms with Gasteiger partial charge in [0, 0.05) is 12.6 Å². The number of hydrogen-bond donors (Lipinski definition) is 1. The average Bonchev–Trinajstić information content (AvgIpc) is 2.38. The van der Waals surface area contributed by atoms with E-state index in [0.717, 1.165) is 27.0 Å². The Morgan fingerprint density at radius 3 is 2.47 bits per heavy atom. The molecule has 0 bridgehead atoms. The molecule has 1 rings (SSSR count). The molecule has 0 aromatic heterocycles. The first-order chi connectivity index (χ1) is 9.08. The monoisotopic (exact) mass is 393 g/mol. The Balaban J connectivity index is 2.43. The number of ether oxygens (including phenoxy) is 2. The van der Waals surface area contributed by atoms with Gasteiger partial charge in [0.1, 0.15) is 18.1 Å². The van der Waals surface area contributed by atoms with Gasteiger partial charge in [0.15, 0.2) is 0 Å². The molecular weight excluding hydrogens is 374 g/mol. The molecule has 108 valence electrons. The summed E-state index contributed by atoms with van der Waals surface area (Å²) in [7, 11) is 1.64. The van der Waals surface area contributed by atoms with Gasteiger partial charge >= 0.3 is 0 Å². The number of methoxy groups -OCH3 is 1. The highest BCUT2D eigenvalue weighted by atomic mass is 79.9. The largest absolute Gasteiger partial charge is 0.496 e. The zero-order valence-corrected chi connectivity index (χ0v) is 14.8. The normalized spacial score (nSPS) is 12.3. The first kappa shape index (κ1) is 16.8. The third-order valence-electron chi connectivity index (χ3n) is 2.78. The molecule has 0 aliphatic rings. The van der Waals surface area contributed by atoms with Gasteiger partial charge in [0.2, 0.25) is 0 Å². The molecule has 0 saturated heterocycles. The fourth-order valence-electron chi connectivity index (χ4n) is 1.78. The van der Waals surface area contributed by atoms with E-state index in [2.05, 4.69) is 51.0 Å². The first-order valence-corrected chi connectivity index (χ1v) is 8.06. The lowest BCUT2D eigenvalue weighted by Crippen LogP contribution is -2.30. The SMILES string of the molecule is CCCC(C)NCCOc1cc(Br)c(OC)cc1Br. The zero-order chi connectivity index (χ0) is 14.3. The molecule has 1 atom stereocenters. The van der Waals surface area contributed by atoms with Crippen LogP contribution in [0.3, 0.4) is 0 Å². The van der Waals surface area contributed by atoms with Crippen molar-refractivity contribution in [3.63, 3.8) is 0 Å². The number of benzene rings is 1. The van der Waals surface area contributed by atoms with Crippen LogP contribution in [0.1, 0.15) is 26.7 Å². The lowest BCUT2D eigenvalue weighted by Gasteiger charge is -2.14. The van der Waals surface area contributed by atoms with Gasteiger partial charge in [0.05, 0.1) is 16.1 Å². The summed E-state index contributed by atoms with van der Waals surface area (Å²) in [5, 5.41) is 3.43. The molecule has 0 aliphatic carbocycles. The van der Waals surface area contributed by atoms with E-state index in [1.165, 1.54) is 12.8 Å². The highest BCUT2D eigenvalue weighted by Gasteiger charge is 2.08. The Morgan fingerprint density at radius 2 is 1.84 bits per heavy atom. The Kier molecular flexibility index (Phi) is 7.80. The highest BCUT2D eigenvalue weighted by molar-refractivity contribution is 9.11. The Labute approximate surface area is 132 Å². The summed E-state index contributed by atoms with van der Waals surface area (Å²) < 4.78 is 12.8. The molecule has 1 N–H and O–H groups in total. The average molecular weight is 395 g/mol. The molecule has 0 heterocycles. The molecule has 1 aromatic carbocycles. The van der Waals surface area contributed by atoms with Crippen molar-refractivity contribution in [2.75, 3.05) is 20.3 Å². The van der Waals surface area contributed by atoms with Crippen molar-refractivity contribution in [2.24, 2.45) is 0 Å². The van der Waals surface area contributed by atoms with E-state index in [1.807, 2.05) is 12.1 Å². The van der Waals surface area contributed by atoms with E-state index in [0.29, 0.717) is 12.6 Å². The smallest absolute Gasteiger partial charge is 0.134 e. The van der Waals surface area contributed by atoms with Crippen molar-refractivity contribution in [1.82, 2.24) is 5.32 Å². The van der Waals surface area contributed by atoms with E-state index in [1.54, 1.807) is 7.11 Å². The van der Waals surface area contributed by atoms with E-state index >= 15 is 0 Å². The minimum Gasteiger partial charge on any atom is -0.496 e. The predicted molar refractivity (Wildman–Crippen MR) is 86.3 cm³/mol. The minimum atomic E-state index is 0.541. The van der Waals surface area contributed by atoms with Crippen LogP contribution in [-0.4, -0.2) is 26.3 Å². The number of hydrogen-bond acceptors (Lipinski definition) is 3. The van der Waals surface area contributed by atoms with Crippen LogP contribution < -0.4 is 14.8 Å². The van der Waals surface area contributed by atoms with Crippen LogP contribution in [0.4, 0.5) is 0 Å². The zero-order valence-electron chi connectivity index (χ0n) is 11.6. The van der Waals surface area contributed by atoms with Crippen LogP contribution in [-0.2, 0) is 0 Å². The summed E-state index contributed by atoms with van der Waals surface area (Å²) in [4.78, 5) is 0.